The van der Waals surface area contributed by atoms with Crippen LogP contribution in [0.5, 0.6) is 0 Å². The number of hydrogen-bond acceptors (Lipinski definition) is 5. The van der Waals surface area contributed by atoms with Gasteiger partial charge in [0.15, 0.2) is 5.69 Å². The maximum Gasteiger partial charge on any atom is 0.359 e. The molecular weight excluding hydrogens is 432 g/mol. The van der Waals surface area contributed by atoms with E-state index < -0.39 is 17.4 Å². The van der Waals surface area contributed by atoms with Crippen molar-refractivity contribution in [2.75, 3.05) is 7.11 Å². The number of aromatic nitrogens is 2. The van der Waals surface area contributed by atoms with Gasteiger partial charge in [0.1, 0.15) is 11.2 Å². The lowest BCUT2D eigenvalue weighted by molar-refractivity contribution is -0.133. The fourth-order valence-electron chi connectivity index (χ4n) is 4.22. The molecule has 8 heteroatoms. The number of nitrogens with one attached hydrogen (secondary N) is 1. The smallest absolute Gasteiger partial charge is 0.359 e. The Bertz CT molecular complexity index is 1250. The van der Waals surface area contributed by atoms with Gasteiger partial charge in [-0.2, -0.15) is 0 Å². The number of benzene rings is 2. The zero-order valence-electron chi connectivity index (χ0n) is 19.8. The SMILES string of the molecule is COC(=O)c1ncn2c1C(=O)N(Cc1ccccc1C)C(C)(C(=O)NCc1ccc(C)cc1)C2. The van der Waals surface area contributed by atoms with Crippen LogP contribution < -0.4 is 5.32 Å². The van der Waals surface area contributed by atoms with Crippen molar-refractivity contribution in [1.29, 1.82) is 0 Å². The zero-order chi connectivity index (χ0) is 24.5. The molecule has 1 aromatic heterocycles. The summed E-state index contributed by atoms with van der Waals surface area (Å²) in [4.78, 5) is 45.2. The van der Waals surface area contributed by atoms with E-state index in [9.17, 15) is 14.4 Å². The molecule has 0 aliphatic carbocycles. The Labute approximate surface area is 198 Å². The zero-order valence-corrected chi connectivity index (χ0v) is 19.8. The third-order valence-corrected chi connectivity index (χ3v) is 6.39. The molecule has 3 aromatic rings. The molecule has 0 saturated carbocycles. The van der Waals surface area contributed by atoms with E-state index in [1.54, 1.807) is 11.5 Å². The number of esters is 1. The van der Waals surface area contributed by atoms with Crippen molar-refractivity contribution in [3.05, 3.63) is 88.5 Å². The maximum atomic E-state index is 13.7. The number of imidazole rings is 1. The lowest BCUT2D eigenvalue weighted by atomic mass is 9.92. The van der Waals surface area contributed by atoms with E-state index in [0.717, 1.165) is 22.3 Å². The molecule has 0 bridgehead atoms. The molecule has 0 radical (unpaired) electrons. The first-order valence-electron chi connectivity index (χ1n) is 11.1. The monoisotopic (exact) mass is 460 g/mol. The first kappa shape index (κ1) is 23.2. The van der Waals surface area contributed by atoms with E-state index in [-0.39, 0.29) is 30.4 Å². The predicted octanol–water partition coefficient (Wildman–Crippen LogP) is 3.02. The Morgan fingerprint density at radius 2 is 1.82 bits per heavy atom. The Balaban J connectivity index is 1.70. The highest BCUT2D eigenvalue weighted by molar-refractivity contribution is 6.06. The van der Waals surface area contributed by atoms with Gasteiger partial charge in [0.05, 0.1) is 20.0 Å². The van der Waals surface area contributed by atoms with Crippen molar-refractivity contribution in [2.45, 2.75) is 45.9 Å². The molecule has 8 nitrogen and oxygen atoms in total. The maximum absolute atomic E-state index is 13.7. The molecule has 34 heavy (non-hydrogen) atoms. The normalized spacial score (nSPS) is 17.3. The average Bonchev–Trinajstić information content (AvgIpc) is 3.25. The molecule has 4 rings (SSSR count). The summed E-state index contributed by atoms with van der Waals surface area (Å²) in [5, 5.41) is 2.99. The van der Waals surface area contributed by atoms with E-state index in [1.807, 2.05) is 62.4 Å². The number of aryl methyl sites for hydroxylation is 2. The van der Waals surface area contributed by atoms with E-state index in [4.69, 9.17) is 4.74 Å². The van der Waals surface area contributed by atoms with E-state index in [2.05, 4.69) is 10.3 Å². The molecule has 0 saturated heterocycles. The third kappa shape index (κ3) is 4.19. The van der Waals surface area contributed by atoms with Crippen molar-refractivity contribution >= 4 is 17.8 Å². The molecule has 1 aliphatic heterocycles. The van der Waals surface area contributed by atoms with Crippen LogP contribution in [-0.2, 0) is 29.2 Å². The van der Waals surface area contributed by atoms with E-state index >= 15 is 0 Å². The lowest BCUT2D eigenvalue weighted by Gasteiger charge is -2.44. The molecule has 0 spiro atoms. The topological polar surface area (TPSA) is 93.5 Å². The molecule has 2 aromatic carbocycles. The summed E-state index contributed by atoms with van der Waals surface area (Å²) in [6, 6.07) is 15.6. The standard InChI is InChI=1S/C26H28N4O4/c1-17-9-11-19(12-10-17)13-27-25(33)26(3)15-29-16-28-21(24(32)34-4)22(29)23(31)30(26)14-20-8-6-5-7-18(20)2/h5-12,16H,13-15H2,1-4H3,(H,27,33). The largest absolute Gasteiger partial charge is 0.464 e. The van der Waals surface area contributed by atoms with Crippen LogP contribution in [0.15, 0.2) is 54.9 Å². The quantitative estimate of drug-likeness (QED) is 0.571. The molecule has 1 atom stereocenters. The molecule has 0 fully saturated rings. The average molecular weight is 461 g/mol. The first-order chi connectivity index (χ1) is 16.2. The minimum absolute atomic E-state index is 0.0515. The lowest BCUT2D eigenvalue weighted by Crippen LogP contribution is -2.63. The minimum Gasteiger partial charge on any atom is -0.464 e. The molecule has 1 aliphatic rings. The number of fused-ring (bicyclic) bond motifs is 1. The van der Waals surface area contributed by atoms with Gasteiger partial charge < -0.3 is 19.5 Å². The summed E-state index contributed by atoms with van der Waals surface area (Å²) >= 11 is 0. The van der Waals surface area contributed by atoms with Crippen LogP contribution in [0.25, 0.3) is 0 Å². The fraction of sp³-hybridized carbons (Fsp3) is 0.308. The van der Waals surface area contributed by atoms with Crippen LogP contribution in [0.4, 0.5) is 0 Å². The third-order valence-electron chi connectivity index (χ3n) is 6.39. The van der Waals surface area contributed by atoms with Crippen molar-refractivity contribution in [2.24, 2.45) is 0 Å². The number of amides is 2. The van der Waals surface area contributed by atoms with Gasteiger partial charge in [-0.05, 0) is 37.5 Å². The highest BCUT2D eigenvalue weighted by Crippen LogP contribution is 2.31. The van der Waals surface area contributed by atoms with Crippen LogP contribution >= 0.6 is 0 Å². The molecular formula is C26H28N4O4. The van der Waals surface area contributed by atoms with Crippen LogP contribution in [0.1, 0.15) is 50.2 Å². The first-order valence-corrected chi connectivity index (χ1v) is 11.1. The summed E-state index contributed by atoms with van der Waals surface area (Å²) < 4.78 is 6.38. The fourth-order valence-corrected chi connectivity index (χ4v) is 4.22. The van der Waals surface area contributed by atoms with Crippen molar-refractivity contribution in [3.8, 4) is 0 Å². The van der Waals surface area contributed by atoms with Gasteiger partial charge in [0.2, 0.25) is 5.91 Å². The van der Waals surface area contributed by atoms with Gasteiger partial charge in [-0.1, -0.05) is 54.1 Å². The molecule has 176 valence electrons. The summed E-state index contributed by atoms with van der Waals surface area (Å²) in [5.74, 6) is -1.42. The molecule has 2 amide bonds. The number of carbonyl (C=O) groups excluding carboxylic acids is 3. The number of carbonyl (C=O) groups is 3. The van der Waals surface area contributed by atoms with Crippen LogP contribution in [0.3, 0.4) is 0 Å². The molecule has 1 unspecified atom stereocenters. The van der Waals surface area contributed by atoms with E-state index in [1.165, 1.54) is 18.3 Å². The summed E-state index contributed by atoms with van der Waals surface area (Å²) in [5.41, 5.74) is 2.90. The number of nitrogens with zero attached hydrogens (tertiary/aromatic N) is 3. The van der Waals surface area contributed by atoms with Gasteiger partial charge in [-0.25, -0.2) is 9.78 Å². The Morgan fingerprint density at radius 1 is 1.12 bits per heavy atom. The van der Waals surface area contributed by atoms with Crippen LogP contribution in [0, 0.1) is 13.8 Å². The van der Waals surface area contributed by atoms with Gasteiger partial charge in [0.25, 0.3) is 5.91 Å². The minimum atomic E-state index is -1.20. The highest BCUT2D eigenvalue weighted by Gasteiger charge is 2.49. The molecule has 1 N–H and O–H groups in total. The Hall–Kier alpha value is -3.94. The second kappa shape index (κ2) is 9.13. The predicted molar refractivity (Wildman–Crippen MR) is 126 cm³/mol. The highest BCUT2D eigenvalue weighted by atomic mass is 16.5. The number of hydrogen-bond donors (Lipinski definition) is 1. The van der Waals surface area contributed by atoms with Gasteiger partial charge >= 0.3 is 5.97 Å². The summed E-state index contributed by atoms with van der Waals surface area (Å²) in [7, 11) is 1.25. The second-order valence-electron chi connectivity index (χ2n) is 8.82. The molecule has 2 heterocycles. The number of rotatable bonds is 6. The summed E-state index contributed by atoms with van der Waals surface area (Å²) in [6.07, 6.45) is 1.41. The number of ether oxygens (including phenoxy) is 1. The van der Waals surface area contributed by atoms with Crippen LogP contribution in [-0.4, -0.2) is 44.9 Å². The van der Waals surface area contributed by atoms with Crippen molar-refractivity contribution < 1.29 is 19.1 Å². The Morgan fingerprint density at radius 3 is 2.50 bits per heavy atom. The van der Waals surface area contributed by atoms with E-state index in [0.29, 0.717) is 6.54 Å². The van der Waals surface area contributed by atoms with Crippen LogP contribution in [0.2, 0.25) is 0 Å². The van der Waals surface area contributed by atoms with Crippen molar-refractivity contribution in [3.63, 3.8) is 0 Å². The Kier molecular flexibility index (Phi) is 6.24. The van der Waals surface area contributed by atoms with Crippen molar-refractivity contribution in [1.82, 2.24) is 19.8 Å². The number of methoxy groups -OCH3 is 1. The van der Waals surface area contributed by atoms with Gasteiger partial charge in [-0.15, -0.1) is 0 Å². The second-order valence-corrected chi connectivity index (χ2v) is 8.82. The van der Waals surface area contributed by atoms with Gasteiger partial charge in [-0.3, -0.25) is 9.59 Å². The summed E-state index contributed by atoms with van der Waals surface area (Å²) in [6.45, 7) is 6.42. The van der Waals surface area contributed by atoms with Gasteiger partial charge in [0, 0.05) is 13.1 Å².